The number of nitrogens with zero attached hydrogens (tertiary/aromatic N) is 1. The molecule has 4 rings (SSSR count). The van der Waals surface area contributed by atoms with Crippen molar-refractivity contribution in [2.75, 3.05) is 13.6 Å². The van der Waals surface area contributed by atoms with Crippen molar-refractivity contribution in [2.24, 2.45) is 22.6 Å². The molecule has 1 aliphatic carbocycles. The van der Waals surface area contributed by atoms with Gasteiger partial charge in [-0.05, 0) is 66.4 Å². The number of allylic oxidation sites excluding steroid dienone is 3. The average Bonchev–Trinajstić information content (AvgIpc) is 3.55. The van der Waals surface area contributed by atoms with E-state index in [2.05, 4.69) is 5.32 Å². The zero-order chi connectivity index (χ0) is 31.7. The molecule has 0 saturated carbocycles. The molecule has 0 aliphatic heterocycles. The summed E-state index contributed by atoms with van der Waals surface area (Å²) < 4.78 is 0. The molecular weight excluding hydrogens is 574 g/mol. The van der Waals surface area contributed by atoms with Crippen LogP contribution in [0.15, 0.2) is 84.3 Å². The highest BCUT2D eigenvalue weighted by Gasteiger charge is 2.41. The van der Waals surface area contributed by atoms with Crippen LogP contribution in [0, 0.1) is 5.41 Å². The van der Waals surface area contributed by atoms with Crippen molar-refractivity contribution in [1.82, 2.24) is 10.2 Å². The maximum absolute atomic E-state index is 14.6. The van der Waals surface area contributed by atoms with Crippen LogP contribution in [0.5, 0.6) is 0 Å². The van der Waals surface area contributed by atoms with Crippen molar-refractivity contribution in [3.05, 3.63) is 94.7 Å². The molecule has 2 aromatic carbocycles. The predicted molar refractivity (Wildman–Crippen MR) is 174 cm³/mol. The van der Waals surface area contributed by atoms with Gasteiger partial charge in [-0.2, -0.15) is 0 Å². The largest absolute Gasteiger partial charge is 0.369 e. The van der Waals surface area contributed by atoms with Gasteiger partial charge in [-0.15, -0.1) is 11.3 Å². The second kappa shape index (κ2) is 14.9. The summed E-state index contributed by atoms with van der Waals surface area (Å²) in [6.07, 6.45) is 9.67. The van der Waals surface area contributed by atoms with Crippen LogP contribution in [-0.2, 0) is 25.6 Å². The number of benzene rings is 2. The Bertz CT molecular complexity index is 1540. The van der Waals surface area contributed by atoms with E-state index in [1.165, 1.54) is 16.2 Å². The summed E-state index contributed by atoms with van der Waals surface area (Å²) in [4.78, 5) is 55.9. The predicted octanol–water partition coefficient (Wildman–Crippen LogP) is 3.53. The number of hydrogen-bond acceptors (Lipinski definition) is 6. The molecule has 0 bridgehead atoms. The molecule has 1 unspecified atom stereocenters. The fourth-order valence-corrected chi connectivity index (χ4v) is 6.45. The first-order chi connectivity index (χ1) is 21.1. The molecule has 10 heteroatoms. The van der Waals surface area contributed by atoms with E-state index in [4.69, 9.17) is 17.2 Å². The van der Waals surface area contributed by atoms with E-state index in [1.54, 1.807) is 19.2 Å². The third-order valence-corrected chi connectivity index (χ3v) is 9.28. The number of likely N-dealkylation sites (N-methyl/N-ethyl adjacent to an activating group) is 1. The minimum Gasteiger partial charge on any atom is -0.369 e. The summed E-state index contributed by atoms with van der Waals surface area (Å²) in [5.41, 5.74) is 16.9. The highest BCUT2D eigenvalue weighted by molar-refractivity contribution is 7.09. The van der Waals surface area contributed by atoms with E-state index in [0.29, 0.717) is 32.2 Å². The average molecular weight is 616 g/mol. The number of nitrogens with two attached hydrogens (primary N) is 3. The van der Waals surface area contributed by atoms with E-state index in [-0.39, 0.29) is 18.7 Å². The number of thiophene rings is 1. The van der Waals surface area contributed by atoms with Crippen molar-refractivity contribution >= 4 is 45.7 Å². The van der Waals surface area contributed by atoms with Crippen molar-refractivity contribution in [2.45, 2.75) is 56.5 Å². The van der Waals surface area contributed by atoms with E-state index in [0.717, 1.165) is 21.2 Å². The van der Waals surface area contributed by atoms with Crippen LogP contribution in [-0.4, -0.2) is 54.2 Å². The fourth-order valence-electron chi connectivity index (χ4n) is 5.71. The molecular formula is C34H41N5O4S. The highest BCUT2D eigenvalue weighted by atomic mass is 32.1. The van der Waals surface area contributed by atoms with Crippen LogP contribution in [0.1, 0.15) is 48.5 Å². The number of hydrogen-bond donors (Lipinski definition) is 4. The normalized spacial score (nSPS) is 18.0. The summed E-state index contributed by atoms with van der Waals surface area (Å²) in [7, 11) is 1.59. The molecule has 0 saturated heterocycles. The van der Waals surface area contributed by atoms with E-state index in [1.807, 2.05) is 72.1 Å². The molecule has 0 spiro atoms. The van der Waals surface area contributed by atoms with E-state index in [9.17, 15) is 19.2 Å². The highest BCUT2D eigenvalue weighted by Crippen LogP contribution is 2.40. The van der Waals surface area contributed by atoms with Gasteiger partial charge in [0.15, 0.2) is 0 Å². The molecule has 4 amide bonds. The van der Waals surface area contributed by atoms with E-state index >= 15 is 0 Å². The number of primary amides is 2. The van der Waals surface area contributed by atoms with Gasteiger partial charge in [0.25, 0.3) is 0 Å². The zero-order valence-corrected chi connectivity index (χ0v) is 25.8. The Balaban J connectivity index is 1.71. The molecule has 232 valence electrons. The number of unbranched alkanes of at least 4 members (excludes halogenated alkanes) is 1. The minimum atomic E-state index is -1.08. The lowest BCUT2D eigenvalue weighted by Gasteiger charge is -2.35. The minimum absolute atomic E-state index is 0.126. The Hall–Kier alpha value is -4.28. The smallest absolute Gasteiger partial charge is 0.243 e. The zero-order valence-electron chi connectivity index (χ0n) is 25.0. The first-order valence-corrected chi connectivity index (χ1v) is 15.7. The quantitative estimate of drug-likeness (QED) is 0.192. The number of fused-ring (bicyclic) bond motifs is 1. The lowest BCUT2D eigenvalue weighted by Crippen LogP contribution is -2.55. The maximum atomic E-state index is 14.6. The van der Waals surface area contributed by atoms with Gasteiger partial charge >= 0.3 is 0 Å². The lowest BCUT2D eigenvalue weighted by molar-refractivity contribution is -0.141. The van der Waals surface area contributed by atoms with Crippen molar-refractivity contribution in [3.63, 3.8) is 0 Å². The number of rotatable bonds is 15. The standard InChI is InChI=1S/C34H41N5O4S/c1-39(29(21-26-12-9-19-44-26)31(41)38-28(30(36)40)13-5-8-18-35)32(42)27(22-34(33(37)43)16-6-2-7-17-34)25-15-14-23-10-3-4-11-24(23)20-25/h2-4,6-7,9-12,14-16,19-20,27-29H,5,8,13,17-18,21-22,35H2,1H3,(H2,36,40)(H2,37,43)(H,38,41)/t27?,28-,29+,34+/m0/s1. The third kappa shape index (κ3) is 7.81. The van der Waals surface area contributed by atoms with Crippen LogP contribution in [0.4, 0.5) is 0 Å². The molecule has 0 fully saturated rings. The van der Waals surface area contributed by atoms with E-state index < -0.39 is 41.1 Å². The number of carbonyl (C=O) groups excluding carboxylic acids is 4. The van der Waals surface area contributed by atoms with Gasteiger partial charge in [0.2, 0.25) is 23.6 Å². The lowest BCUT2D eigenvalue weighted by atomic mass is 9.72. The van der Waals surface area contributed by atoms with Crippen LogP contribution >= 0.6 is 11.3 Å². The molecule has 44 heavy (non-hydrogen) atoms. The number of carbonyl (C=O) groups is 4. The third-order valence-electron chi connectivity index (χ3n) is 8.38. The summed E-state index contributed by atoms with van der Waals surface area (Å²) in [5.74, 6) is -2.77. The van der Waals surface area contributed by atoms with Gasteiger partial charge in [0.1, 0.15) is 12.1 Å². The Morgan fingerprint density at radius 2 is 1.77 bits per heavy atom. The van der Waals surface area contributed by atoms with Gasteiger partial charge in [-0.1, -0.05) is 72.8 Å². The SMILES string of the molecule is CN(C(=O)C(C[C@@]1(C(N)=O)C=CC=CC1)c1ccc2ccccc2c1)[C@H](Cc1cccs1)C(=O)N[C@@H](CCCCN)C(N)=O. The Kier molecular flexibility index (Phi) is 11.1. The second-order valence-electron chi connectivity index (χ2n) is 11.4. The molecule has 3 aromatic rings. The number of amides is 4. The van der Waals surface area contributed by atoms with Crippen LogP contribution in [0.25, 0.3) is 10.8 Å². The van der Waals surface area contributed by atoms with Crippen LogP contribution < -0.4 is 22.5 Å². The van der Waals surface area contributed by atoms with Gasteiger partial charge in [0, 0.05) is 18.3 Å². The van der Waals surface area contributed by atoms with Crippen molar-refractivity contribution in [3.8, 4) is 0 Å². The van der Waals surface area contributed by atoms with Crippen LogP contribution in [0.2, 0.25) is 0 Å². The topological polar surface area (TPSA) is 162 Å². The first kappa shape index (κ1) is 32.6. The van der Waals surface area contributed by atoms with Crippen molar-refractivity contribution in [1.29, 1.82) is 0 Å². The molecule has 7 N–H and O–H groups in total. The molecule has 1 aliphatic rings. The first-order valence-electron chi connectivity index (χ1n) is 14.9. The van der Waals surface area contributed by atoms with Gasteiger partial charge in [-0.3, -0.25) is 19.2 Å². The maximum Gasteiger partial charge on any atom is 0.243 e. The fraction of sp³-hybridized carbons (Fsp3) is 0.353. The summed E-state index contributed by atoms with van der Waals surface area (Å²) in [6, 6.07) is 15.6. The summed E-state index contributed by atoms with van der Waals surface area (Å²) >= 11 is 1.48. The Labute approximate surface area is 262 Å². The summed E-state index contributed by atoms with van der Waals surface area (Å²) in [5, 5.41) is 6.67. The Morgan fingerprint density at radius 3 is 2.41 bits per heavy atom. The monoisotopic (exact) mass is 615 g/mol. The second-order valence-corrected chi connectivity index (χ2v) is 12.4. The Morgan fingerprint density at radius 1 is 1.00 bits per heavy atom. The molecule has 9 nitrogen and oxygen atoms in total. The van der Waals surface area contributed by atoms with Crippen molar-refractivity contribution < 1.29 is 19.2 Å². The molecule has 0 radical (unpaired) electrons. The number of nitrogens with one attached hydrogen (secondary N) is 1. The van der Waals surface area contributed by atoms with Gasteiger partial charge in [0.05, 0.1) is 11.3 Å². The van der Waals surface area contributed by atoms with Gasteiger partial charge < -0.3 is 27.4 Å². The molecule has 4 atom stereocenters. The molecule has 1 heterocycles. The van der Waals surface area contributed by atoms with Gasteiger partial charge in [-0.25, -0.2) is 0 Å². The van der Waals surface area contributed by atoms with Crippen LogP contribution in [0.3, 0.4) is 0 Å². The molecule has 1 aromatic heterocycles. The summed E-state index contributed by atoms with van der Waals surface area (Å²) in [6.45, 7) is 0.464.